The number of allylic oxidation sites excluding steroid dienone is 1. The highest BCUT2D eigenvalue weighted by atomic mass is 16.7. The van der Waals surface area contributed by atoms with E-state index in [9.17, 15) is 35.4 Å². The molecular weight excluding hydrogens is 592 g/mol. The molecule has 0 unspecified atom stereocenters. The van der Waals surface area contributed by atoms with Gasteiger partial charge in [0, 0.05) is 17.8 Å². The van der Waals surface area contributed by atoms with Crippen molar-refractivity contribution in [3.63, 3.8) is 0 Å². The van der Waals surface area contributed by atoms with Gasteiger partial charge < -0.3 is 44.8 Å². The first kappa shape index (κ1) is 34.7. The summed E-state index contributed by atoms with van der Waals surface area (Å²) in [6.45, 7) is 12.6. The molecule has 6 rings (SSSR count). The van der Waals surface area contributed by atoms with E-state index in [4.69, 9.17) is 14.2 Å². The van der Waals surface area contributed by atoms with Crippen LogP contribution in [0, 0.1) is 45.3 Å². The van der Waals surface area contributed by atoms with Gasteiger partial charge in [0.2, 0.25) is 0 Å². The van der Waals surface area contributed by atoms with Crippen molar-refractivity contribution in [2.75, 3.05) is 13.2 Å². The second-order valence-corrected chi connectivity index (χ2v) is 17.2. The first-order valence-corrected chi connectivity index (χ1v) is 17.7. The molecule has 2 saturated heterocycles. The molecule has 46 heavy (non-hydrogen) atoms. The predicted octanol–water partition coefficient (Wildman–Crippen LogP) is 2.84. The SMILES string of the molecule is CC(C)=C[C@H]1C[C@](O)([C@H]2CC[C@]3(C)[C@@H]2CC[C@@H]2[C@@]4(C)CC[C@H](O[C@@H]5O[C@H](CO)[C@@H](O)[C@H](O)[C@H]5O)[C@](C)(CO)[C@@H]4CC[C@]23C)C(=O)O1. The quantitative estimate of drug-likeness (QED) is 0.143. The van der Waals surface area contributed by atoms with E-state index in [0.29, 0.717) is 18.8 Å². The number of fused-ring (bicyclic) bond motifs is 5. The number of hydrogen-bond acceptors (Lipinski definition) is 10. The largest absolute Gasteiger partial charge is 0.456 e. The number of cyclic esters (lactones) is 1. The molecule has 0 amide bonds. The van der Waals surface area contributed by atoms with Gasteiger partial charge in [0.15, 0.2) is 11.9 Å². The van der Waals surface area contributed by atoms with Gasteiger partial charge in [-0.15, -0.1) is 0 Å². The summed E-state index contributed by atoms with van der Waals surface area (Å²) in [5.74, 6) is 0.120. The van der Waals surface area contributed by atoms with Crippen LogP contribution >= 0.6 is 0 Å². The molecule has 16 atom stereocenters. The molecule has 0 aromatic carbocycles. The van der Waals surface area contributed by atoms with Gasteiger partial charge in [-0.25, -0.2) is 4.79 Å². The number of esters is 1. The standard InChI is InChI=1S/C36H58O10/c1-19(2)15-20-16-36(43,31(42)44-20)22-9-13-34(5)21(22)7-8-25-32(3)12-11-26(33(4,18-38)24(32)10-14-35(25,34)6)46-30-29(41)28(40)27(39)23(17-37)45-30/h15,20-30,37-41,43H,7-14,16-18H2,1-6H3/t20-,21+,22-,23+,24+,25+,26-,27+,28-,29+,30-,32-,33+,34+,35+,36-/m0/s1. The molecule has 4 aliphatic carbocycles. The molecule has 0 bridgehead atoms. The number of carbonyl (C=O) groups excluding carboxylic acids is 1. The van der Waals surface area contributed by atoms with Crippen LogP contribution in [-0.4, -0.2) is 98.3 Å². The molecule has 0 radical (unpaired) electrons. The van der Waals surface area contributed by atoms with Gasteiger partial charge in [0.25, 0.3) is 0 Å². The van der Waals surface area contributed by atoms with Gasteiger partial charge in [-0.1, -0.05) is 33.3 Å². The van der Waals surface area contributed by atoms with Crippen molar-refractivity contribution in [1.29, 1.82) is 0 Å². The van der Waals surface area contributed by atoms with Gasteiger partial charge in [0.1, 0.15) is 30.5 Å². The molecular formula is C36H58O10. The lowest BCUT2D eigenvalue weighted by Crippen LogP contribution is -2.66. The van der Waals surface area contributed by atoms with Gasteiger partial charge in [-0.05, 0) is 105 Å². The minimum Gasteiger partial charge on any atom is -0.456 e. The Balaban J connectivity index is 1.24. The Labute approximate surface area is 273 Å². The van der Waals surface area contributed by atoms with E-state index < -0.39 is 60.4 Å². The van der Waals surface area contributed by atoms with Crippen molar-refractivity contribution in [3.05, 3.63) is 11.6 Å². The molecule has 10 nitrogen and oxygen atoms in total. The normalized spacial score (nSPS) is 55.2. The lowest BCUT2D eigenvalue weighted by molar-refractivity contribution is -0.334. The average molecular weight is 651 g/mol. The van der Waals surface area contributed by atoms with Crippen LogP contribution in [0.5, 0.6) is 0 Å². The minimum atomic E-state index is -1.52. The third-order valence-electron chi connectivity index (χ3n) is 14.9. The number of aliphatic hydroxyl groups is 6. The molecule has 4 saturated carbocycles. The molecule has 0 spiro atoms. The topological polar surface area (TPSA) is 166 Å². The highest BCUT2D eigenvalue weighted by Gasteiger charge is 2.71. The van der Waals surface area contributed by atoms with Crippen LogP contribution in [0.25, 0.3) is 0 Å². The average Bonchev–Trinajstić information content (AvgIpc) is 3.50. The Kier molecular flexibility index (Phi) is 8.88. The Morgan fingerprint density at radius 3 is 2.22 bits per heavy atom. The molecule has 0 aromatic rings. The Bertz CT molecular complexity index is 1200. The van der Waals surface area contributed by atoms with Gasteiger partial charge in [-0.2, -0.15) is 0 Å². The number of rotatable bonds is 6. The summed E-state index contributed by atoms with van der Waals surface area (Å²) >= 11 is 0. The van der Waals surface area contributed by atoms with E-state index in [0.717, 1.165) is 50.5 Å². The smallest absolute Gasteiger partial charge is 0.339 e. The summed E-state index contributed by atoms with van der Waals surface area (Å²) in [4.78, 5) is 13.2. The molecule has 262 valence electrons. The van der Waals surface area contributed by atoms with Crippen LogP contribution in [0.15, 0.2) is 11.6 Å². The number of ether oxygens (including phenoxy) is 3. The minimum absolute atomic E-state index is 0.0184. The molecule has 2 aliphatic heterocycles. The fourth-order valence-corrected chi connectivity index (χ4v) is 12.3. The zero-order chi connectivity index (χ0) is 33.6. The molecule has 6 fully saturated rings. The summed E-state index contributed by atoms with van der Waals surface area (Å²) < 4.78 is 17.8. The van der Waals surface area contributed by atoms with E-state index in [1.165, 1.54) is 0 Å². The van der Waals surface area contributed by atoms with E-state index in [-0.39, 0.29) is 46.7 Å². The van der Waals surface area contributed by atoms with Crippen molar-refractivity contribution in [2.45, 2.75) is 148 Å². The van der Waals surface area contributed by atoms with Gasteiger partial charge >= 0.3 is 5.97 Å². The zero-order valence-electron chi connectivity index (χ0n) is 28.5. The summed E-state index contributed by atoms with van der Waals surface area (Å²) in [5.41, 5.74) is -1.21. The van der Waals surface area contributed by atoms with Crippen LogP contribution in [-0.2, 0) is 19.0 Å². The van der Waals surface area contributed by atoms with E-state index >= 15 is 0 Å². The summed E-state index contributed by atoms with van der Waals surface area (Å²) in [6.07, 6.45) is 1.70. The van der Waals surface area contributed by atoms with Crippen molar-refractivity contribution in [3.8, 4) is 0 Å². The summed E-state index contributed by atoms with van der Waals surface area (Å²) in [5, 5.41) is 64.0. The van der Waals surface area contributed by atoms with Crippen LogP contribution in [0.3, 0.4) is 0 Å². The Hall–Kier alpha value is -1.11. The van der Waals surface area contributed by atoms with Crippen molar-refractivity contribution >= 4 is 5.97 Å². The maximum absolute atomic E-state index is 13.2. The predicted molar refractivity (Wildman–Crippen MR) is 168 cm³/mol. The van der Waals surface area contributed by atoms with E-state index in [2.05, 4.69) is 27.7 Å². The van der Waals surface area contributed by atoms with Crippen molar-refractivity contribution in [1.82, 2.24) is 0 Å². The van der Waals surface area contributed by atoms with E-state index in [1.54, 1.807) is 0 Å². The lowest BCUT2D eigenvalue weighted by Gasteiger charge is -2.70. The molecule has 2 heterocycles. The fourth-order valence-electron chi connectivity index (χ4n) is 12.3. The van der Waals surface area contributed by atoms with E-state index in [1.807, 2.05) is 19.9 Å². The number of hydrogen-bond donors (Lipinski definition) is 6. The fraction of sp³-hybridized carbons (Fsp3) is 0.917. The second kappa shape index (κ2) is 11.8. The third-order valence-corrected chi connectivity index (χ3v) is 14.9. The molecule has 6 N–H and O–H groups in total. The molecule has 0 aromatic heterocycles. The Morgan fingerprint density at radius 2 is 1.57 bits per heavy atom. The Morgan fingerprint density at radius 1 is 0.870 bits per heavy atom. The highest BCUT2D eigenvalue weighted by Crippen LogP contribution is 2.76. The maximum atomic E-state index is 13.2. The molecule has 6 aliphatic rings. The van der Waals surface area contributed by atoms with Crippen LogP contribution in [0.2, 0.25) is 0 Å². The second-order valence-electron chi connectivity index (χ2n) is 17.2. The molecule has 10 heteroatoms. The van der Waals surface area contributed by atoms with Crippen LogP contribution in [0.1, 0.15) is 99.3 Å². The van der Waals surface area contributed by atoms with Gasteiger partial charge in [0.05, 0.1) is 19.3 Å². The number of carbonyl (C=O) groups is 1. The maximum Gasteiger partial charge on any atom is 0.339 e. The summed E-state index contributed by atoms with van der Waals surface area (Å²) in [7, 11) is 0. The zero-order valence-corrected chi connectivity index (χ0v) is 28.5. The lowest BCUT2D eigenvalue weighted by atomic mass is 9.35. The van der Waals surface area contributed by atoms with Crippen LogP contribution < -0.4 is 0 Å². The number of aliphatic hydroxyl groups excluding tert-OH is 5. The monoisotopic (exact) mass is 650 g/mol. The van der Waals surface area contributed by atoms with Gasteiger partial charge in [-0.3, -0.25) is 0 Å². The van der Waals surface area contributed by atoms with Crippen molar-refractivity contribution < 1.29 is 49.6 Å². The van der Waals surface area contributed by atoms with Crippen molar-refractivity contribution in [2.24, 2.45) is 45.3 Å². The summed E-state index contributed by atoms with van der Waals surface area (Å²) in [6, 6.07) is 0. The third kappa shape index (κ3) is 4.83. The first-order chi connectivity index (χ1) is 21.5. The van der Waals surface area contributed by atoms with Crippen LogP contribution in [0.4, 0.5) is 0 Å². The highest BCUT2D eigenvalue weighted by molar-refractivity contribution is 5.82. The first-order valence-electron chi connectivity index (χ1n) is 17.7.